The minimum absolute atomic E-state index is 0.0149. The molecule has 0 spiro atoms. The molecular weight excluding hydrogens is 208 g/mol. The molecule has 0 atom stereocenters. The molecular formula is C7H6N2O2S2. The Hall–Kier alpha value is -1.14. The van der Waals surface area contributed by atoms with Crippen LogP contribution < -0.4 is 5.32 Å². The van der Waals surface area contributed by atoms with Crippen molar-refractivity contribution in [3.05, 3.63) is 34.4 Å². The van der Waals surface area contributed by atoms with Crippen molar-refractivity contribution in [1.29, 1.82) is 0 Å². The number of nitro benzene ring substituents is 1. The van der Waals surface area contributed by atoms with Crippen molar-refractivity contribution >= 4 is 40.5 Å². The number of thiocarbonyl (C=S) groups is 1. The fourth-order valence-corrected chi connectivity index (χ4v) is 1.08. The molecule has 4 nitrogen and oxygen atoms in total. The van der Waals surface area contributed by atoms with E-state index in [1.807, 2.05) is 0 Å². The second-order valence-electron chi connectivity index (χ2n) is 2.20. The average molecular weight is 214 g/mol. The fourth-order valence-electron chi connectivity index (χ4n) is 0.854. The lowest BCUT2D eigenvalue weighted by Crippen LogP contribution is -2.03. The van der Waals surface area contributed by atoms with Gasteiger partial charge in [0.2, 0.25) is 0 Å². The third kappa shape index (κ3) is 2.67. The number of anilines is 1. The smallest absolute Gasteiger partial charge is 0.292 e. The van der Waals surface area contributed by atoms with E-state index >= 15 is 0 Å². The zero-order valence-electron chi connectivity index (χ0n) is 6.43. The fraction of sp³-hybridized carbons (Fsp3) is 0. The molecule has 0 saturated carbocycles. The van der Waals surface area contributed by atoms with Crippen LogP contribution in [0.2, 0.25) is 0 Å². The first-order valence-electron chi connectivity index (χ1n) is 3.34. The number of nitro groups is 1. The molecule has 13 heavy (non-hydrogen) atoms. The normalized spacial score (nSPS) is 9.31. The maximum atomic E-state index is 10.5. The van der Waals surface area contributed by atoms with Gasteiger partial charge in [0.25, 0.3) is 5.69 Å². The van der Waals surface area contributed by atoms with Crippen molar-refractivity contribution in [2.45, 2.75) is 0 Å². The molecule has 0 aliphatic heterocycles. The van der Waals surface area contributed by atoms with E-state index in [-0.39, 0.29) is 10.0 Å². The first-order valence-corrected chi connectivity index (χ1v) is 4.20. The maximum Gasteiger partial charge on any atom is 0.292 e. The Morgan fingerprint density at radius 1 is 1.54 bits per heavy atom. The lowest BCUT2D eigenvalue weighted by Gasteiger charge is -2.02. The molecule has 6 heteroatoms. The van der Waals surface area contributed by atoms with Crippen molar-refractivity contribution in [2.24, 2.45) is 0 Å². The van der Waals surface area contributed by atoms with E-state index in [1.165, 1.54) is 6.07 Å². The van der Waals surface area contributed by atoms with Gasteiger partial charge in [-0.15, -0.1) is 12.6 Å². The van der Waals surface area contributed by atoms with Crippen molar-refractivity contribution < 1.29 is 4.92 Å². The van der Waals surface area contributed by atoms with E-state index in [0.717, 1.165) is 0 Å². The third-order valence-electron chi connectivity index (χ3n) is 1.34. The minimum Gasteiger partial charge on any atom is -0.336 e. The Morgan fingerprint density at radius 3 is 2.69 bits per heavy atom. The number of hydrogen-bond donors (Lipinski definition) is 2. The summed E-state index contributed by atoms with van der Waals surface area (Å²) >= 11 is 8.48. The van der Waals surface area contributed by atoms with Crippen LogP contribution in [0, 0.1) is 10.1 Å². The number of nitrogens with one attached hydrogen (secondary N) is 1. The summed E-state index contributed by atoms with van der Waals surface area (Å²) in [7, 11) is 0. The average Bonchev–Trinajstić information content (AvgIpc) is 2.03. The molecule has 0 aliphatic carbocycles. The van der Waals surface area contributed by atoms with Crippen LogP contribution in [-0.4, -0.2) is 9.24 Å². The molecule has 0 fully saturated rings. The Labute approximate surface area is 85.5 Å². The monoisotopic (exact) mass is 214 g/mol. The van der Waals surface area contributed by atoms with Crippen LogP contribution in [0.25, 0.3) is 0 Å². The van der Waals surface area contributed by atoms with Crippen LogP contribution in [0.1, 0.15) is 0 Å². The molecule has 1 aromatic rings. The maximum absolute atomic E-state index is 10.5. The number of rotatable bonds is 2. The third-order valence-corrected chi connectivity index (χ3v) is 1.56. The zero-order valence-corrected chi connectivity index (χ0v) is 8.14. The van der Waals surface area contributed by atoms with Crippen LogP contribution in [0.4, 0.5) is 11.4 Å². The van der Waals surface area contributed by atoms with Crippen molar-refractivity contribution in [2.75, 3.05) is 5.32 Å². The van der Waals surface area contributed by atoms with E-state index in [2.05, 4.69) is 30.2 Å². The van der Waals surface area contributed by atoms with E-state index in [1.54, 1.807) is 18.2 Å². The summed E-state index contributed by atoms with van der Waals surface area (Å²) in [5, 5.41) is 13.1. The van der Waals surface area contributed by atoms with Gasteiger partial charge in [-0.2, -0.15) is 0 Å². The highest BCUT2D eigenvalue weighted by atomic mass is 32.1. The van der Waals surface area contributed by atoms with Crippen LogP contribution in [-0.2, 0) is 0 Å². The summed E-state index contributed by atoms with van der Waals surface area (Å²) in [5.74, 6) is 0. The molecule has 1 rings (SSSR count). The molecule has 0 bridgehead atoms. The van der Waals surface area contributed by atoms with Crippen molar-refractivity contribution in [3.8, 4) is 0 Å². The lowest BCUT2D eigenvalue weighted by molar-refractivity contribution is -0.383. The summed E-state index contributed by atoms with van der Waals surface area (Å²) in [6.45, 7) is 0. The van der Waals surface area contributed by atoms with E-state index in [9.17, 15) is 10.1 Å². The topological polar surface area (TPSA) is 55.2 Å². The molecule has 0 saturated heterocycles. The van der Waals surface area contributed by atoms with E-state index in [0.29, 0.717) is 5.69 Å². The highest BCUT2D eigenvalue weighted by Crippen LogP contribution is 2.23. The standard InChI is InChI=1S/C7H6N2O2S2/c10-9(11)6-4-2-1-3-5(6)8-7(12)13/h1-4H,(H2,8,12,13). The van der Waals surface area contributed by atoms with Crippen LogP contribution in [0.15, 0.2) is 24.3 Å². The molecule has 0 aliphatic rings. The van der Waals surface area contributed by atoms with Gasteiger partial charge in [-0.3, -0.25) is 10.1 Å². The van der Waals surface area contributed by atoms with Crippen molar-refractivity contribution in [1.82, 2.24) is 0 Å². The van der Waals surface area contributed by atoms with Gasteiger partial charge in [-0.25, -0.2) is 0 Å². The number of benzene rings is 1. The van der Waals surface area contributed by atoms with Gasteiger partial charge in [0, 0.05) is 6.07 Å². The van der Waals surface area contributed by atoms with E-state index in [4.69, 9.17) is 0 Å². The lowest BCUT2D eigenvalue weighted by atomic mass is 10.3. The summed E-state index contributed by atoms with van der Waals surface area (Å²) in [5.41, 5.74) is 0.339. The van der Waals surface area contributed by atoms with Gasteiger partial charge >= 0.3 is 0 Å². The number of hydrogen-bond acceptors (Lipinski definition) is 3. The zero-order chi connectivity index (χ0) is 9.84. The Kier molecular flexibility index (Phi) is 3.21. The first kappa shape index (κ1) is 9.94. The highest BCUT2D eigenvalue weighted by molar-refractivity contribution is 8.11. The Balaban J connectivity index is 3.04. The quantitative estimate of drug-likeness (QED) is 0.343. The predicted molar refractivity (Wildman–Crippen MR) is 58.3 cm³/mol. The molecule has 0 amide bonds. The summed E-state index contributed by atoms with van der Waals surface area (Å²) in [6.07, 6.45) is 0. The van der Waals surface area contributed by atoms with Gasteiger partial charge < -0.3 is 5.32 Å². The SMILES string of the molecule is O=[N+]([O-])c1ccccc1NC(=S)S. The largest absolute Gasteiger partial charge is 0.336 e. The molecule has 1 aromatic carbocycles. The summed E-state index contributed by atoms with van der Waals surface area (Å²) in [6, 6.07) is 6.24. The van der Waals surface area contributed by atoms with Gasteiger partial charge in [0.05, 0.1) is 4.92 Å². The minimum atomic E-state index is -0.478. The molecule has 0 aromatic heterocycles. The molecule has 0 radical (unpaired) electrons. The molecule has 1 N–H and O–H groups in total. The van der Waals surface area contributed by atoms with Crippen LogP contribution in [0.3, 0.4) is 0 Å². The Morgan fingerprint density at radius 2 is 2.15 bits per heavy atom. The summed E-state index contributed by atoms with van der Waals surface area (Å²) in [4.78, 5) is 10.0. The Bertz CT molecular complexity index is 354. The second kappa shape index (κ2) is 4.20. The van der Waals surface area contributed by atoms with Crippen LogP contribution >= 0.6 is 24.8 Å². The second-order valence-corrected chi connectivity index (χ2v) is 3.36. The van der Waals surface area contributed by atoms with Crippen molar-refractivity contribution in [3.63, 3.8) is 0 Å². The van der Waals surface area contributed by atoms with Gasteiger partial charge in [0.15, 0.2) is 0 Å². The van der Waals surface area contributed by atoms with Gasteiger partial charge in [-0.05, 0) is 6.07 Å². The first-order chi connectivity index (χ1) is 6.11. The van der Waals surface area contributed by atoms with Gasteiger partial charge in [-0.1, -0.05) is 24.4 Å². The highest BCUT2D eigenvalue weighted by Gasteiger charge is 2.11. The van der Waals surface area contributed by atoms with E-state index < -0.39 is 4.92 Å². The number of para-hydroxylation sites is 2. The molecule has 0 unspecified atom stereocenters. The predicted octanol–water partition coefficient (Wildman–Crippen LogP) is 2.22. The number of nitrogens with zero attached hydrogens (tertiary/aromatic N) is 1. The number of thiol groups is 1. The summed E-state index contributed by atoms with van der Waals surface area (Å²) < 4.78 is 0.203. The molecule has 0 heterocycles. The van der Waals surface area contributed by atoms with Gasteiger partial charge in [0.1, 0.15) is 10.0 Å². The molecule has 68 valence electrons. The van der Waals surface area contributed by atoms with Crippen LogP contribution in [0.5, 0.6) is 0 Å².